The third-order valence-electron chi connectivity index (χ3n) is 6.35. The van der Waals surface area contributed by atoms with Crippen LogP contribution >= 0.6 is 0 Å². The Labute approximate surface area is 176 Å². The van der Waals surface area contributed by atoms with Gasteiger partial charge in [0.25, 0.3) is 0 Å². The molecule has 0 radical (unpaired) electrons. The van der Waals surface area contributed by atoms with Gasteiger partial charge in [0.15, 0.2) is 0 Å². The van der Waals surface area contributed by atoms with Crippen molar-refractivity contribution < 1.29 is 0 Å². The van der Waals surface area contributed by atoms with Crippen molar-refractivity contribution in [2.45, 2.75) is 57.8 Å². The van der Waals surface area contributed by atoms with E-state index in [1.165, 1.54) is 52.6 Å². The molecule has 0 fully saturated rings. The molecule has 0 bridgehead atoms. The quantitative estimate of drug-likeness (QED) is 0.379. The first-order chi connectivity index (χ1) is 14.3. The van der Waals surface area contributed by atoms with Crippen LogP contribution in [0.25, 0.3) is 11.1 Å². The third-order valence-corrected chi connectivity index (χ3v) is 6.35. The molecule has 0 aromatic heterocycles. The predicted molar refractivity (Wildman–Crippen MR) is 126 cm³/mol. The molecular weight excluding hydrogens is 348 g/mol. The van der Waals surface area contributed by atoms with Crippen molar-refractivity contribution in [2.24, 2.45) is 0 Å². The smallest absolute Gasteiger partial charge is 0.00185 e. The average molecular weight is 381 g/mol. The summed E-state index contributed by atoms with van der Waals surface area (Å²) in [6.07, 6.45) is 10.8. The molecule has 2 unspecified atom stereocenters. The summed E-state index contributed by atoms with van der Waals surface area (Å²) in [4.78, 5) is 0. The fourth-order valence-corrected chi connectivity index (χ4v) is 4.45. The molecule has 4 rings (SSSR count). The maximum absolute atomic E-state index is 2.43. The minimum absolute atomic E-state index is 0.544. The van der Waals surface area contributed by atoms with Crippen molar-refractivity contribution in [3.8, 4) is 11.1 Å². The van der Waals surface area contributed by atoms with E-state index >= 15 is 0 Å². The molecule has 0 saturated carbocycles. The van der Waals surface area contributed by atoms with Gasteiger partial charge in [-0.15, -0.1) is 0 Å². The van der Waals surface area contributed by atoms with Gasteiger partial charge in [-0.25, -0.2) is 0 Å². The van der Waals surface area contributed by atoms with Gasteiger partial charge >= 0.3 is 0 Å². The van der Waals surface area contributed by atoms with Crippen molar-refractivity contribution in [1.29, 1.82) is 0 Å². The van der Waals surface area contributed by atoms with Gasteiger partial charge in [0.05, 0.1) is 0 Å². The summed E-state index contributed by atoms with van der Waals surface area (Å²) in [5.74, 6) is 1.11. The lowest BCUT2D eigenvalue weighted by Gasteiger charge is -2.24. The molecule has 0 spiro atoms. The number of allylic oxidation sites excluding steroid dienone is 2. The maximum atomic E-state index is 2.43. The zero-order chi connectivity index (χ0) is 20.1. The maximum Gasteiger partial charge on any atom is 0.00185 e. The average Bonchev–Trinajstić information content (AvgIpc) is 2.80. The van der Waals surface area contributed by atoms with Crippen molar-refractivity contribution in [1.82, 2.24) is 0 Å². The first-order valence-corrected chi connectivity index (χ1v) is 11.2. The molecule has 0 aliphatic heterocycles. The highest BCUT2D eigenvalue weighted by atomic mass is 14.2. The van der Waals surface area contributed by atoms with Gasteiger partial charge < -0.3 is 0 Å². The Hall–Kier alpha value is -2.60. The summed E-state index contributed by atoms with van der Waals surface area (Å²) in [6.45, 7) is 4.45. The molecular formula is C29H32. The predicted octanol–water partition coefficient (Wildman–Crippen LogP) is 8.09. The van der Waals surface area contributed by atoms with E-state index in [1.807, 2.05) is 0 Å². The van der Waals surface area contributed by atoms with Gasteiger partial charge in [-0.05, 0) is 59.1 Å². The van der Waals surface area contributed by atoms with Crippen LogP contribution in [0.3, 0.4) is 0 Å². The van der Waals surface area contributed by atoms with Gasteiger partial charge in [0, 0.05) is 11.8 Å². The molecule has 29 heavy (non-hydrogen) atoms. The van der Waals surface area contributed by atoms with E-state index in [0.29, 0.717) is 11.8 Å². The Morgan fingerprint density at radius 3 is 1.48 bits per heavy atom. The number of hydrogen-bond acceptors (Lipinski definition) is 0. The van der Waals surface area contributed by atoms with E-state index in [1.54, 1.807) is 0 Å². The molecule has 0 heterocycles. The van der Waals surface area contributed by atoms with Crippen LogP contribution in [0.5, 0.6) is 0 Å². The molecule has 0 saturated heterocycles. The summed E-state index contributed by atoms with van der Waals surface area (Å²) in [7, 11) is 0. The standard InChI is InChI=1S/C29H32/c1-3-5-23-8-12-25(13-9-23)27-16-20-29(21-17-27)28-18-14-26(15-19-28)24-10-6-22(4-2)7-11-24/h6-14,16-18,20-21,26,28H,3-5,15,19H2,1-2H3. The van der Waals surface area contributed by atoms with Crippen LogP contribution in [0.2, 0.25) is 0 Å². The lowest BCUT2D eigenvalue weighted by atomic mass is 9.81. The molecule has 0 heteroatoms. The molecule has 0 nitrogen and oxygen atoms in total. The van der Waals surface area contributed by atoms with Crippen molar-refractivity contribution in [2.75, 3.05) is 0 Å². The Bertz CT molecular complexity index is 927. The lowest BCUT2D eigenvalue weighted by molar-refractivity contribution is 0.601. The summed E-state index contributed by atoms with van der Waals surface area (Å²) < 4.78 is 0. The monoisotopic (exact) mass is 380 g/mol. The van der Waals surface area contributed by atoms with Gasteiger partial charge in [0.2, 0.25) is 0 Å². The summed E-state index contributed by atoms with van der Waals surface area (Å²) in [6, 6.07) is 27.5. The Kier molecular flexibility index (Phi) is 6.30. The highest BCUT2D eigenvalue weighted by Gasteiger charge is 2.18. The topological polar surface area (TPSA) is 0 Å². The van der Waals surface area contributed by atoms with Gasteiger partial charge in [-0.2, -0.15) is 0 Å². The van der Waals surface area contributed by atoms with Gasteiger partial charge in [0.1, 0.15) is 0 Å². The lowest BCUT2D eigenvalue weighted by Crippen LogP contribution is -2.06. The van der Waals surface area contributed by atoms with Crippen molar-refractivity contribution >= 4 is 0 Å². The minimum atomic E-state index is 0.544. The first-order valence-electron chi connectivity index (χ1n) is 11.2. The van der Waals surface area contributed by atoms with Crippen LogP contribution in [-0.4, -0.2) is 0 Å². The molecule has 0 amide bonds. The zero-order valence-corrected chi connectivity index (χ0v) is 17.8. The van der Waals surface area contributed by atoms with E-state index in [0.717, 1.165) is 12.8 Å². The van der Waals surface area contributed by atoms with Crippen LogP contribution in [0, 0.1) is 0 Å². The SMILES string of the molecule is CCCc1ccc(-c2ccc(C3C=CC(c4ccc(CC)cc4)CC3)cc2)cc1. The second-order valence-electron chi connectivity index (χ2n) is 8.34. The van der Waals surface area contributed by atoms with Gasteiger partial charge in [-0.1, -0.05) is 105 Å². The highest BCUT2D eigenvalue weighted by molar-refractivity contribution is 5.64. The Morgan fingerprint density at radius 1 is 0.586 bits per heavy atom. The van der Waals surface area contributed by atoms with E-state index in [9.17, 15) is 0 Å². The molecule has 0 N–H and O–H groups in total. The fourth-order valence-electron chi connectivity index (χ4n) is 4.45. The zero-order valence-electron chi connectivity index (χ0n) is 17.8. The summed E-state index contributed by atoms with van der Waals surface area (Å²) in [5, 5.41) is 0. The van der Waals surface area contributed by atoms with E-state index < -0.39 is 0 Å². The largest absolute Gasteiger partial charge is 0.0804 e. The highest BCUT2D eigenvalue weighted by Crippen LogP contribution is 2.36. The fraction of sp³-hybridized carbons (Fsp3) is 0.310. The Morgan fingerprint density at radius 2 is 1.03 bits per heavy atom. The van der Waals surface area contributed by atoms with Crippen LogP contribution in [-0.2, 0) is 12.8 Å². The van der Waals surface area contributed by atoms with E-state index in [4.69, 9.17) is 0 Å². The molecule has 1 aliphatic carbocycles. The number of benzene rings is 3. The Balaban J connectivity index is 1.43. The van der Waals surface area contributed by atoms with E-state index in [2.05, 4.69) is 98.8 Å². The molecule has 148 valence electrons. The van der Waals surface area contributed by atoms with Gasteiger partial charge in [-0.3, -0.25) is 0 Å². The number of rotatable bonds is 6. The summed E-state index contributed by atoms with van der Waals surface area (Å²) >= 11 is 0. The van der Waals surface area contributed by atoms with E-state index in [-0.39, 0.29) is 0 Å². The molecule has 3 aromatic carbocycles. The molecule has 2 atom stereocenters. The van der Waals surface area contributed by atoms with Crippen molar-refractivity contribution in [3.63, 3.8) is 0 Å². The summed E-state index contributed by atoms with van der Waals surface area (Å²) in [5.41, 5.74) is 8.37. The van der Waals surface area contributed by atoms with Crippen LogP contribution < -0.4 is 0 Å². The molecule has 1 aliphatic rings. The number of hydrogen-bond donors (Lipinski definition) is 0. The molecule has 3 aromatic rings. The second kappa shape index (κ2) is 9.27. The van der Waals surface area contributed by atoms with Crippen LogP contribution in [0.1, 0.15) is 67.2 Å². The third kappa shape index (κ3) is 4.70. The minimum Gasteiger partial charge on any atom is -0.0804 e. The first kappa shape index (κ1) is 19.7. The van der Waals surface area contributed by atoms with Crippen LogP contribution in [0.4, 0.5) is 0 Å². The second-order valence-corrected chi connectivity index (χ2v) is 8.34. The normalized spacial score (nSPS) is 18.7. The van der Waals surface area contributed by atoms with Crippen LogP contribution in [0.15, 0.2) is 84.9 Å². The van der Waals surface area contributed by atoms with Crippen molar-refractivity contribution in [3.05, 3.63) is 107 Å². The number of aryl methyl sites for hydroxylation is 2.